The van der Waals surface area contributed by atoms with Gasteiger partial charge in [-0.3, -0.25) is 9.69 Å². The fourth-order valence-electron chi connectivity index (χ4n) is 2.22. The number of hydrogen-bond acceptors (Lipinski definition) is 4. The van der Waals surface area contributed by atoms with Crippen LogP contribution in [0, 0.1) is 5.92 Å². The lowest BCUT2D eigenvalue weighted by atomic mass is 9.91. The Bertz CT molecular complexity index is 443. The maximum absolute atomic E-state index is 11.9. The molecule has 0 spiro atoms. The number of carbonyl (C=O) groups is 3. The van der Waals surface area contributed by atoms with Crippen LogP contribution in [-0.2, 0) is 14.4 Å². The molecule has 0 aliphatic carbocycles. The van der Waals surface area contributed by atoms with E-state index in [0.29, 0.717) is 11.3 Å². The molecular formula is C11H13NO4S. The number of hydrogen-bond donors (Lipinski definition) is 1. The zero-order valence-corrected chi connectivity index (χ0v) is 10.4. The summed E-state index contributed by atoms with van der Waals surface area (Å²) < 4.78 is 0. The van der Waals surface area contributed by atoms with Crippen LogP contribution in [-0.4, -0.2) is 38.8 Å². The third-order valence-electron chi connectivity index (χ3n) is 2.98. The van der Waals surface area contributed by atoms with Crippen molar-refractivity contribution in [1.82, 2.24) is 4.90 Å². The molecule has 0 aromatic heterocycles. The van der Waals surface area contributed by atoms with E-state index in [1.54, 1.807) is 6.92 Å². The van der Waals surface area contributed by atoms with Crippen LogP contribution in [0.3, 0.4) is 0 Å². The average Bonchev–Trinajstić information content (AvgIpc) is 2.24. The van der Waals surface area contributed by atoms with Crippen LogP contribution in [0.15, 0.2) is 11.3 Å². The minimum atomic E-state index is -1.07. The molecule has 0 aromatic rings. The Kier molecular flexibility index (Phi) is 2.99. The first-order chi connectivity index (χ1) is 7.93. The second-order valence-corrected chi connectivity index (χ2v) is 5.46. The highest BCUT2D eigenvalue weighted by Gasteiger charge is 2.52. The number of ketones is 1. The van der Waals surface area contributed by atoms with Crippen LogP contribution >= 0.6 is 11.8 Å². The number of Topliss-reactive ketones (excluding diaryl/α,β-unsaturated/α-hetero) is 1. The first-order valence-electron chi connectivity index (χ1n) is 5.30. The molecule has 6 heteroatoms. The summed E-state index contributed by atoms with van der Waals surface area (Å²) in [7, 11) is 0. The molecule has 1 saturated heterocycles. The highest BCUT2D eigenvalue weighted by Crippen LogP contribution is 2.44. The summed E-state index contributed by atoms with van der Waals surface area (Å²) in [6.45, 7) is 3.17. The van der Waals surface area contributed by atoms with Crippen molar-refractivity contribution < 1.29 is 19.5 Å². The first kappa shape index (κ1) is 12.2. The van der Waals surface area contributed by atoms with Crippen LogP contribution < -0.4 is 0 Å². The van der Waals surface area contributed by atoms with Crippen molar-refractivity contribution in [1.29, 1.82) is 0 Å². The summed E-state index contributed by atoms with van der Waals surface area (Å²) in [6.07, 6.45) is 0.207. The van der Waals surface area contributed by atoms with E-state index in [9.17, 15) is 14.4 Å². The standard InChI is InChI=1S/C11H13NO4S/c1-5-4-17-10-7(3-6(2)13)9(14)12(10)8(5)11(15)16/h7,10H,3-4H2,1-2H3,(H,15,16)/t7-,10?/m1/s1. The van der Waals surface area contributed by atoms with Crippen molar-refractivity contribution in [2.24, 2.45) is 5.92 Å². The molecule has 2 atom stereocenters. The summed E-state index contributed by atoms with van der Waals surface area (Å²) in [5.74, 6) is -1.09. The van der Waals surface area contributed by atoms with E-state index in [0.717, 1.165) is 0 Å². The van der Waals surface area contributed by atoms with Gasteiger partial charge in [-0.25, -0.2) is 4.79 Å². The molecule has 0 aromatic carbocycles. The van der Waals surface area contributed by atoms with Crippen molar-refractivity contribution in [3.8, 4) is 0 Å². The molecule has 0 saturated carbocycles. The minimum Gasteiger partial charge on any atom is -0.477 e. The van der Waals surface area contributed by atoms with E-state index in [-0.39, 0.29) is 35.1 Å². The Morgan fingerprint density at radius 1 is 1.53 bits per heavy atom. The van der Waals surface area contributed by atoms with Gasteiger partial charge in [-0.1, -0.05) is 0 Å². The van der Waals surface area contributed by atoms with E-state index >= 15 is 0 Å². The lowest BCUT2D eigenvalue weighted by Crippen LogP contribution is -2.61. The molecule has 0 bridgehead atoms. The van der Waals surface area contributed by atoms with E-state index < -0.39 is 5.97 Å². The van der Waals surface area contributed by atoms with Gasteiger partial charge in [0, 0.05) is 12.2 Å². The van der Waals surface area contributed by atoms with Gasteiger partial charge in [0.1, 0.15) is 11.5 Å². The van der Waals surface area contributed by atoms with Crippen molar-refractivity contribution in [2.75, 3.05) is 5.75 Å². The number of thioether (sulfide) groups is 1. The largest absolute Gasteiger partial charge is 0.477 e. The predicted octanol–water partition coefficient (Wildman–Crippen LogP) is 0.855. The molecule has 5 nitrogen and oxygen atoms in total. The van der Waals surface area contributed by atoms with Gasteiger partial charge in [0.25, 0.3) is 0 Å². The normalized spacial score (nSPS) is 27.6. The van der Waals surface area contributed by atoms with Gasteiger partial charge < -0.3 is 9.90 Å². The number of β-lactam (4-membered cyclic amide) rings is 1. The van der Waals surface area contributed by atoms with Crippen LogP contribution in [0.2, 0.25) is 0 Å². The van der Waals surface area contributed by atoms with Gasteiger partial charge in [0.15, 0.2) is 0 Å². The van der Waals surface area contributed by atoms with Crippen LogP contribution in [0.5, 0.6) is 0 Å². The topological polar surface area (TPSA) is 74.7 Å². The second-order valence-electron chi connectivity index (χ2n) is 4.36. The summed E-state index contributed by atoms with van der Waals surface area (Å²) >= 11 is 1.53. The molecule has 1 amide bonds. The van der Waals surface area contributed by atoms with Gasteiger partial charge in [-0.05, 0) is 19.4 Å². The SMILES string of the molecule is CC(=O)C[C@@H]1C(=O)N2C(C(=O)O)=C(C)CSC12. The Labute approximate surface area is 103 Å². The summed E-state index contributed by atoms with van der Waals surface area (Å²) in [5, 5.41) is 8.91. The molecule has 1 N–H and O–H groups in total. The predicted molar refractivity (Wildman–Crippen MR) is 62.2 cm³/mol. The molecule has 2 aliphatic rings. The van der Waals surface area contributed by atoms with Gasteiger partial charge >= 0.3 is 5.97 Å². The smallest absolute Gasteiger partial charge is 0.352 e. The number of amides is 1. The molecule has 2 aliphatic heterocycles. The Hall–Kier alpha value is -1.30. The van der Waals surface area contributed by atoms with Gasteiger partial charge in [0.05, 0.1) is 11.3 Å². The molecule has 0 radical (unpaired) electrons. The minimum absolute atomic E-state index is 0.0354. The van der Waals surface area contributed by atoms with E-state index in [1.807, 2.05) is 0 Å². The Balaban J connectivity index is 2.24. The number of fused-ring (bicyclic) bond motifs is 1. The van der Waals surface area contributed by atoms with Gasteiger partial charge in [-0.2, -0.15) is 0 Å². The first-order valence-corrected chi connectivity index (χ1v) is 6.35. The highest BCUT2D eigenvalue weighted by atomic mass is 32.2. The van der Waals surface area contributed by atoms with Crippen LogP contribution in [0.1, 0.15) is 20.3 Å². The molecule has 1 fully saturated rings. The van der Waals surface area contributed by atoms with E-state index in [4.69, 9.17) is 5.11 Å². The quantitative estimate of drug-likeness (QED) is 0.757. The van der Waals surface area contributed by atoms with Crippen molar-refractivity contribution in [3.05, 3.63) is 11.3 Å². The molecule has 2 heterocycles. The van der Waals surface area contributed by atoms with E-state index in [1.165, 1.54) is 23.6 Å². The molecular weight excluding hydrogens is 242 g/mol. The van der Waals surface area contributed by atoms with E-state index in [2.05, 4.69) is 0 Å². The maximum Gasteiger partial charge on any atom is 0.352 e. The third kappa shape index (κ3) is 1.86. The van der Waals surface area contributed by atoms with Crippen molar-refractivity contribution in [2.45, 2.75) is 25.6 Å². The maximum atomic E-state index is 11.9. The number of carbonyl (C=O) groups excluding carboxylic acids is 2. The fourth-order valence-corrected chi connectivity index (χ4v) is 3.58. The molecule has 1 unspecified atom stereocenters. The molecule has 2 rings (SSSR count). The number of carboxylic acid groups (broad SMARTS) is 1. The summed E-state index contributed by atoms with van der Waals surface area (Å²) in [6, 6.07) is 0. The van der Waals surface area contributed by atoms with Gasteiger partial charge in [0.2, 0.25) is 5.91 Å². The monoisotopic (exact) mass is 255 g/mol. The lowest BCUT2D eigenvalue weighted by Gasteiger charge is -2.49. The Morgan fingerprint density at radius 3 is 2.71 bits per heavy atom. The molecule has 92 valence electrons. The highest BCUT2D eigenvalue weighted by molar-refractivity contribution is 8.00. The molecule has 17 heavy (non-hydrogen) atoms. The van der Waals surface area contributed by atoms with Crippen LogP contribution in [0.25, 0.3) is 0 Å². The summed E-state index contributed by atoms with van der Waals surface area (Å²) in [4.78, 5) is 35.3. The third-order valence-corrected chi connectivity index (χ3v) is 4.46. The Morgan fingerprint density at radius 2 is 2.18 bits per heavy atom. The zero-order chi connectivity index (χ0) is 12.7. The van der Waals surface area contributed by atoms with Crippen molar-refractivity contribution in [3.63, 3.8) is 0 Å². The van der Waals surface area contributed by atoms with Gasteiger partial charge in [-0.15, -0.1) is 11.8 Å². The number of aliphatic carboxylic acids is 1. The number of carboxylic acids is 1. The average molecular weight is 255 g/mol. The second kappa shape index (κ2) is 4.18. The number of rotatable bonds is 3. The van der Waals surface area contributed by atoms with Crippen LogP contribution in [0.4, 0.5) is 0 Å². The fraction of sp³-hybridized carbons (Fsp3) is 0.545. The lowest BCUT2D eigenvalue weighted by molar-refractivity contribution is -0.153. The zero-order valence-electron chi connectivity index (χ0n) is 9.60. The summed E-state index contributed by atoms with van der Waals surface area (Å²) in [5.41, 5.74) is 0.798. The van der Waals surface area contributed by atoms with Crippen molar-refractivity contribution >= 4 is 29.4 Å². The number of nitrogens with zero attached hydrogens (tertiary/aromatic N) is 1.